The smallest absolute Gasteiger partial charge is 0.200 e. The molecular formula is C17H19BrFN3O3. The Kier molecular flexibility index (Phi) is 6.30. The molecule has 134 valence electrons. The second-order valence-corrected chi connectivity index (χ2v) is 6.39. The van der Waals surface area contributed by atoms with Crippen molar-refractivity contribution in [2.75, 3.05) is 6.61 Å². The van der Waals surface area contributed by atoms with E-state index in [1.165, 1.54) is 12.1 Å². The van der Waals surface area contributed by atoms with Crippen LogP contribution in [0.4, 0.5) is 4.39 Å². The number of hydrogen-bond donors (Lipinski definition) is 2. The summed E-state index contributed by atoms with van der Waals surface area (Å²) in [5.41, 5.74) is 0.589. The van der Waals surface area contributed by atoms with Gasteiger partial charge >= 0.3 is 0 Å². The van der Waals surface area contributed by atoms with Crippen LogP contribution in [-0.2, 0) is 4.74 Å². The lowest BCUT2D eigenvalue weighted by molar-refractivity contribution is -0.102. The number of aliphatic hydroxyl groups is 2. The lowest BCUT2D eigenvalue weighted by Crippen LogP contribution is -2.15. The SMILES string of the molecule is CCOC(O)c1nc(Br)n(C(C)C)c1C(O)c1ccc(C#N)c(F)c1. The number of hydrogen-bond acceptors (Lipinski definition) is 5. The molecule has 0 amide bonds. The van der Waals surface area contributed by atoms with Gasteiger partial charge in [0.15, 0.2) is 4.73 Å². The van der Waals surface area contributed by atoms with Gasteiger partial charge in [-0.3, -0.25) is 0 Å². The van der Waals surface area contributed by atoms with Crippen molar-refractivity contribution in [3.63, 3.8) is 0 Å². The van der Waals surface area contributed by atoms with Gasteiger partial charge in [-0.25, -0.2) is 9.37 Å². The number of nitriles is 1. The first kappa shape index (κ1) is 19.5. The number of halogens is 2. The molecule has 0 radical (unpaired) electrons. The number of ether oxygens (including phenoxy) is 1. The summed E-state index contributed by atoms with van der Waals surface area (Å²) in [7, 11) is 0. The molecule has 6 nitrogen and oxygen atoms in total. The van der Waals surface area contributed by atoms with Crippen molar-refractivity contribution in [2.24, 2.45) is 0 Å². The Morgan fingerprint density at radius 3 is 2.60 bits per heavy atom. The minimum atomic E-state index is -1.32. The molecule has 2 rings (SSSR count). The number of rotatable bonds is 6. The van der Waals surface area contributed by atoms with E-state index in [1.807, 2.05) is 13.8 Å². The Morgan fingerprint density at radius 2 is 2.08 bits per heavy atom. The Hall–Kier alpha value is -1.79. The van der Waals surface area contributed by atoms with Gasteiger partial charge in [0.05, 0.1) is 11.3 Å². The van der Waals surface area contributed by atoms with Crippen molar-refractivity contribution in [1.29, 1.82) is 5.26 Å². The molecule has 2 unspecified atom stereocenters. The molecule has 1 aromatic heterocycles. The van der Waals surface area contributed by atoms with Gasteiger partial charge in [-0.2, -0.15) is 5.26 Å². The first-order chi connectivity index (χ1) is 11.8. The van der Waals surface area contributed by atoms with Crippen molar-refractivity contribution in [1.82, 2.24) is 9.55 Å². The number of aliphatic hydroxyl groups excluding tert-OH is 2. The molecule has 0 bridgehead atoms. The molecule has 1 heterocycles. The average molecular weight is 412 g/mol. The quantitative estimate of drug-likeness (QED) is 0.711. The van der Waals surface area contributed by atoms with Crippen LogP contribution in [0.1, 0.15) is 61.7 Å². The highest BCUT2D eigenvalue weighted by Crippen LogP contribution is 2.34. The van der Waals surface area contributed by atoms with E-state index < -0.39 is 18.2 Å². The summed E-state index contributed by atoms with van der Waals surface area (Å²) < 4.78 is 21.2. The number of benzene rings is 1. The molecule has 0 aliphatic heterocycles. The van der Waals surface area contributed by atoms with Crippen LogP contribution >= 0.6 is 15.9 Å². The van der Waals surface area contributed by atoms with Crippen molar-refractivity contribution in [2.45, 2.75) is 39.2 Å². The first-order valence-corrected chi connectivity index (χ1v) is 8.55. The molecule has 2 atom stereocenters. The van der Waals surface area contributed by atoms with Gasteiger partial charge in [0.1, 0.15) is 23.7 Å². The number of aromatic nitrogens is 2. The third-order valence-corrected chi connectivity index (χ3v) is 4.26. The molecule has 2 aromatic rings. The first-order valence-electron chi connectivity index (χ1n) is 7.76. The molecule has 0 saturated carbocycles. The average Bonchev–Trinajstić information content (AvgIpc) is 2.91. The topological polar surface area (TPSA) is 91.3 Å². The lowest BCUT2D eigenvalue weighted by Gasteiger charge is -2.20. The van der Waals surface area contributed by atoms with Crippen LogP contribution < -0.4 is 0 Å². The molecule has 1 aromatic carbocycles. The van der Waals surface area contributed by atoms with Crippen LogP contribution in [0.2, 0.25) is 0 Å². The zero-order valence-electron chi connectivity index (χ0n) is 14.1. The van der Waals surface area contributed by atoms with Crippen molar-refractivity contribution in [3.8, 4) is 6.07 Å². The number of nitrogens with zero attached hydrogens (tertiary/aromatic N) is 3. The van der Waals surface area contributed by atoms with E-state index >= 15 is 0 Å². The third kappa shape index (κ3) is 3.90. The summed E-state index contributed by atoms with van der Waals surface area (Å²) in [6, 6.07) is 5.53. The van der Waals surface area contributed by atoms with E-state index in [4.69, 9.17) is 10.00 Å². The van der Waals surface area contributed by atoms with Gasteiger partial charge in [-0.05, 0) is 54.4 Å². The maximum atomic E-state index is 13.9. The van der Waals surface area contributed by atoms with Crippen LogP contribution in [0.3, 0.4) is 0 Å². The summed E-state index contributed by atoms with van der Waals surface area (Å²) in [5, 5.41) is 29.9. The molecule has 0 fully saturated rings. The van der Waals surface area contributed by atoms with Crippen LogP contribution in [0, 0.1) is 17.1 Å². The Labute approximate surface area is 153 Å². The molecule has 0 aliphatic carbocycles. The zero-order chi connectivity index (χ0) is 18.7. The molecule has 2 N–H and O–H groups in total. The second kappa shape index (κ2) is 8.06. The van der Waals surface area contributed by atoms with Gasteiger partial charge < -0.3 is 19.5 Å². The Bertz CT molecular complexity index is 801. The maximum absolute atomic E-state index is 13.9. The highest BCUT2D eigenvalue weighted by atomic mass is 79.9. The zero-order valence-corrected chi connectivity index (χ0v) is 15.7. The Balaban J connectivity index is 2.59. The molecule has 8 heteroatoms. The minimum absolute atomic E-state index is 0.0858. The summed E-state index contributed by atoms with van der Waals surface area (Å²) in [5.74, 6) is -0.722. The lowest BCUT2D eigenvalue weighted by atomic mass is 10.0. The standard InChI is InChI=1S/C17H19BrFN3O3/c1-4-25-16(24)13-14(22(9(2)3)17(18)21-13)15(23)10-5-6-11(8-20)12(19)7-10/h5-7,9,15-16,23-24H,4H2,1-3H3. The van der Waals surface area contributed by atoms with E-state index in [2.05, 4.69) is 20.9 Å². The monoisotopic (exact) mass is 411 g/mol. The minimum Gasteiger partial charge on any atom is -0.382 e. The molecule has 0 spiro atoms. The van der Waals surface area contributed by atoms with E-state index in [0.717, 1.165) is 6.07 Å². The number of imidazole rings is 1. The predicted molar refractivity (Wildman–Crippen MR) is 92.1 cm³/mol. The normalized spacial score (nSPS) is 13.7. The molecular weight excluding hydrogens is 393 g/mol. The third-order valence-electron chi connectivity index (χ3n) is 3.70. The van der Waals surface area contributed by atoms with Crippen LogP contribution in [-0.4, -0.2) is 26.4 Å². The summed E-state index contributed by atoms with van der Waals surface area (Å²) >= 11 is 3.32. The summed E-state index contributed by atoms with van der Waals surface area (Å²) in [4.78, 5) is 4.25. The highest BCUT2D eigenvalue weighted by molar-refractivity contribution is 9.10. The van der Waals surface area contributed by atoms with E-state index in [-0.39, 0.29) is 29.5 Å². The van der Waals surface area contributed by atoms with E-state index in [0.29, 0.717) is 10.4 Å². The molecule has 0 aliphatic rings. The fourth-order valence-electron chi connectivity index (χ4n) is 2.56. The van der Waals surface area contributed by atoms with Gasteiger partial charge in [0.25, 0.3) is 0 Å². The van der Waals surface area contributed by atoms with Crippen molar-refractivity contribution >= 4 is 15.9 Å². The van der Waals surface area contributed by atoms with Crippen molar-refractivity contribution < 1.29 is 19.3 Å². The van der Waals surface area contributed by atoms with Crippen LogP contribution in [0.15, 0.2) is 22.9 Å². The summed E-state index contributed by atoms with van der Waals surface area (Å²) in [6.45, 7) is 5.76. The summed E-state index contributed by atoms with van der Waals surface area (Å²) in [6.07, 6.45) is -2.58. The van der Waals surface area contributed by atoms with Crippen LogP contribution in [0.25, 0.3) is 0 Å². The maximum Gasteiger partial charge on any atom is 0.200 e. The van der Waals surface area contributed by atoms with Gasteiger partial charge in [-0.1, -0.05) is 6.07 Å². The van der Waals surface area contributed by atoms with E-state index in [9.17, 15) is 14.6 Å². The molecule has 0 saturated heterocycles. The second-order valence-electron chi connectivity index (χ2n) is 5.68. The van der Waals surface area contributed by atoms with Gasteiger partial charge in [0, 0.05) is 12.6 Å². The molecule has 25 heavy (non-hydrogen) atoms. The van der Waals surface area contributed by atoms with Gasteiger partial charge in [-0.15, -0.1) is 0 Å². The highest BCUT2D eigenvalue weighted by Gasteiger charge is 2.29. The van der Waals surface area contributed by atoms with Gasteiger partial charge in [0.2, 0.25) is 6.29 Å². The predicted octanol–water partition coefficient (Wildman–Crippen LogP) is 3.35. The fraction of sp³-hybridized carbons (Fsp3) is 0.412. The van der Waals surface area contributed by atoms with Crippen molar-refractivity contribution in [3.05, 3.63) is 51.3 Å². The largest absolute Gasteiger partial charge is 0.382 e. The van der Waals surface area contributed by atoms with Crippen LogP contribution in [0.5, 0.6) is 0 Å². The van der Waals surface area contributed by atoms with E-state index in [1.54, 1.807) is 17.6 Å². The Morgan fingerprint density at radius 1 is 1.40 bits per heavy atom. The fourth-order valence-corrected chi connectivity index (χ4v) is 3.36.